The highest BCUT2D eigenvalue weighted by Gasteiger charge is 2.22. The molecule has 0 aliphatic carbocycles. The van der Waals surface area contributed by atoms with Crippen LogP contribution in [0.5, 0.6) is 0 Å². The molecule has 152 valence electrons. The summed E-state index contributed by atoms with van der Waals surface area (Å²) >= 11 is 6.24. The molecule has 2 aromatic heterocycles. The van der Waals surface area contributed by atoms with Gasteiger partial charge in [-0.3, -0.25) is 4.79 Å². The smallest absolute Gasteiger partial charge is 0.278 e. The van der Waals surface area contributed by atoms with Crippen molar-refractivity contribution in [2.24, 2.45) is 0 Å². The maximum atomic E-state index is 13.3. The van der Waals surface area contributed by atoms with Gasteiger partial charge in [-0.15, -0.1) is 0 Å². The summed E-state index contributed by atoms with van der Waals surface area (Å²) in [6.07, 6.45) is 1.23. The van der Waals surface area contributed by atoms with Crippen molar-refractivity contribution < 1.29 is 18.0 Å². The monoisotopic (exact) mass is 442 g/mol. The highest BCUT2D eigenvalue weighted by atomic mass is 35.5. The van der Waals surface area contributed by atoms with Crippen LogP contribution in [0.1, 0.15) is 29.1 Å². The van der Waals surface area contributed by atoms with Gasteiger partial charge < -0.3 is 5.32 Å². The number of nitrogens with zero attached hydrogens (tertiary/aromatic N) is 5. The fraction of sp³-hybridized carbons (Fsp3) is 0.235. The lowest BCUT2D eigenvalue weighted by Gasteiger charge is -2.15. The molecule has 1 amide bonds. The summed E-state index contributed by atoms with van der Waals surface area (Å²) in [5.41, 5.74) is -2.33. The van der Waals surface area contributed by atoms with Gasteiger partial charge >= 0.3 is 0 Å². The third-order valence-corrected chi connectivity index (χ3v) is 4.79. The average molecular weight is 443 g/mol. The van der Waals surface area contributed by atoms with Gasteiger partial charge in [-0.25, -0.2) is 28.1 Å². The zero-order chi connectivity index (χ0) is 21.0. The van der Waals surface area contributed by atoms with Crippen LogP contribution in [0, 0.1) is 0 Å². The molecule has 0 bridgehead atoms. The Balaban J connectivity index is 1.77. The third-order valence-electron chi connectivity index (χ3n) is 3.63. The quantitative estimate of drug-likeness (QED) is 0.559. The van der Waals surface area contributed by atoms with Gasteiger partial charge in [0.05, 0.1) is 6.04 Å². The topological polar surface area (TPSA) is 85.6 Å². The number of aromatic nitrogens is 5. The number of halogens is 4. The van der Waals surface area contributed by atoms with Crippen molar-refractivity contribution in [1.82, 2.24) is 30.0 Å². The predicted octanol–water partition coefficient (Wildman–Crippen LogP) is 3.85. The van der Waals surface area contributed by atoms with E-state index in [9.17, 15) is 18.0 Å². The number of amides is 1. The number of carbonyl (C=O) groups excluding carboxylic acids is 1. The van der Waals surface area contributed by atoms with E-state index in [1.54, 1.807) is 25.4 Å². The average Bonchev–Trinajstić information content (AvgIpc) is 3.18. The zero-order valence-electron chi connectivity index (χ0n) is 14.8. The first-order valence-electron chi connectivity index (χ1n) is 8.23. The molecule has 0 fully saturated rings. The second-order valence-corrected chi connectivity index (χ2v) is 7.35. The van der Waals surface area contributed by atoms with Crippen molar-refractivity contribution in [3.05, 3.63) is 59.4 Å². The van der Waals surface area contributed by atoms with Gasteiger partial charge in [0.15, 0.2) is 5.82 Å². The first-order chi connectivity index (χ1) is 13.8. The van der Waals surface area contributed by atoms with Gasteiger partial charge in [0, 0.05) is 27.9 Å². The molecule has 7 nitrogen and oxygen atoms in total. The Hall–Kier alpha value is -2.66. The molecule has 0 saturated heterocycles. The molecule has 0 aliphatic heterocycles. The molecule has 1 N–H and O–H groups in total. The fourth-order valence-electron chi connectivity index (χ4n) is 2.39. The minimum absolute atomic E-state index is 0.0929. The Morgan fingerprint density at radius 1 is 1.17 bits per heavy atom. The summed E-state index contributed by atoms with van der Waals surface area (Å²) in [6, 6.07) is 5.01. The van der Waals surface area contributed by atoms with Crippen LogP contribution in [0.2, 0.25) is 5.02 Å². The summed E-state index contributed by atoms with van der Waals surface area (Å²) in [7, 11) is 0. The Labute approximate surface area is 172 Å². The number of thioether (sulfide) groups is 1. The molecule has 2 atom stereocenters. The number of benzene rings is 1. The standard InChI is InChI=1S/C17H14ClF3N6OS/c1-9(15-24-8-25-27(15)17-22-3-2-4-23-17)26-16(28)10-5-11(18)7-12(6-10)29-14(21)13(19)20/h2-9,13-14H,1H3,(H,26,28)/t9-,14?/m0/s1. The molecular formula is C17H14ClF3N6OS. The molecule has 3 rings (SSSR count). The number of hydrogen-bond donors (Lipinski definition) is 1. The van der Waals surface area contributed by atoms with Crippen LogP contribution < -0.4 is 5.32 Å². The van der Waals surface area contributed by atoms with Crippen molar-refractivity contribution in [3.63, 3.8) is 0 Å². The Morgan fingerprint density at radius 2 is 1.90 bits per heavy atom. The molecule has 29 heavy (non-hydrogen) atoms. The molecule has 2 heterocycles. The van der Waals surface area contributed by atoms with E-state index in [-0.39, 0.29) is 33.2 Å². The lowest BCUT2D eigenvalue weighted by Crippen LogP contribution is -2.29. The van der Waals surface area contributed by atoms with Crippen molar-refractivity contribution >= 4 is 29.3 Å². The van der Waals surface area contributed by atoms with Crippen molar-refractivity contribution in [1.29, 1.82) is 0 Å². The molecule has 0 radical (unpaired) electrons. The molecular weight excluding hydrogens is 429 g/mol. The SMILES string of the molecule is C[C@H](NC(=O)c1cc(Cl)cc(SC(F)C(F)F)c1)c1ncnn1-c1ncccn1. The lowest BCUT2D eigenvalue weighted by molar-refractivity contribution is 0.0937. The van der Waals surface area contributed by atoms with E-state index in [0.29, 0.717) is 5.82 Å². The number of rotatable bonds is 7. The minimum atomic E-state index is -3.15. The van der Waals surface area contributed by atoms with Gasteiger partial charge in [-0.2, -0.15) is 9.78 Å². The normalized spacial score (nSPS) is 13.3. The van der Waals surface area contributed by atoms with E-state index in [4.69, 9.17) is 11.6 Å². The van der Waals surface area contributed by atoms with E-state index >= 15 is 0 Å². The van der Waals surface area contributed by atoms with E-state index < -0.39 is 23.9 Å². The minimum Gasteiger partial charge on any atom is -0.342 e. The number of hydrogen-bond acceptors (Lipinski definition) is 6. The molecule has 0 spiro atoms. The fourth-order valence-corrected chi connectivity index (χ4v) is 3.44. The first-order valence-corrected chi connectivity index (χ1v) is 9.48. The van der Waals surface area contributed by atoms with Crippen molar-refractivity contribution in [2.75, 3.05) is 0 Å². The summed E-state index contributed by atoms with van der Waals surface area (Å²) in [5, 5.41) is 6.89. The van der Waals surface area contributed by atoms with Gasteiger partial charge in [-0.05, 0) is 31.2 Å². The highest BCUT2D eigenvalue weighted by Crippen LogP contribution is 2.31. The molecule has 0 saturated carbocycles. The van der Waals surface area contributed by atoms with Crippen LogP contribution in [-0.2, 0) is 0 Å². The second kappa shape index (κ2) is 9.23. The van der Waals surface area contributed by atoms with Crippen LogP contribution >= 0.6 is 23.4 Å². The highest BCUT2D eigenvalue weighted by molar-refractivity contribution is 7.99. The zero-order valence-corrected chi connectivity index (χ0v) is 16.4. The maximum Gasteiger partial charge on any atom is 0.278 e. The van der Waals surface area contributed by atoms with E-state index in [2.05, 4.69) is 25.4 Å². The van der Waals surface area contributed by atoms with Crippen LogP contribution in [0.25, 0.3) is 5.95 Å². The van der Waals surface area contributed by atoms with E-state index in [1.807, 2.05) is 0 Å². The van der Waals surface area contributed by atoms with Crippen molar-refractivity contribution in [2.45, 2.75) is 29.8 Å². The summed E-state index contributed by atoms with van der Waals surface area (Å²) in [5.74, 6) is 0.115. The molecule has 3 aromatic rings. The summed E-state index contributed by atoms with van der Waals surface area (Å²) in [4.78, 5) is 25.0. The maximum absolute atomic E-state index is 13.3. The van der Waals surface area contributed by atoms with E-state index in [1.165, 1.54) is 29.2 Å². The predicted molar refractivity (Wildman–Crippen MR) is 101 cm³/mol. The Morgan fingerprint density at radius 3 is 2.59 bits per heavy atom. The Kier molecular flexibility index (Phi) is 6.70. The summed E-state index contributed by atoms with van der Waals surface area (Å²) in [6.45, 7) is 1.68. The van der Waals surface area contributed by atoms with Crippen LogP contribution in [0.15, 0.2) is 47.9 Å². The number of carbonyl (C=O) groups is 1. The van der Waals surface area contributed by atoms with Crippen LogP contribution in [-0.4, -0.2) is 42.6 Å². The Bertz CT molecular complexity index is 990. The van der Waals surface area contributed by atoms with Gasteiger partial charge in [0.2, 0.25) is 5.50 Å². The molecule has 1 unspecified atom stereocenters. The van der Waals surface area contributed by atoms with E-state index in [0.717, 1.165) is 0 Å². The number of alkyl halides is 3. The second-order valence-electron chi connectivity index (χ2n) is 5.75. The van der Waals surface area contributed by atoms with Gasteiger partial charge in [-0.1, -0.05) is 23.4 Å². The lowest BCUT2D eigenvalue weighted by atomic mass is 10.2. The van der Waals surface area contributed by atoms with Crippen LogP contribution in [0.4, 0.5) is 13.2 Å². The number of nitrogens with one attached hydrogen (secondary N) is 1. The third kappa shape index (κ3) is 5.24. The largest absolute Gasteiger partial charge is 0.342 e. The first kappa shape index (κ1) is 21.1. The van der Waals surface area contributed by atoms with Crippen LogP contribution in [0.3, 0.4) is 0 Å². The molecule has 1 aromatic carbocycles. The van der Waals surface area contributed by atoms with Gasteiger partial charge in [0.1, 0.15) is 6.33 Å². The van der Waals surface area contributed by atoms with Gasteiger partial charge in [0.25, 0.3) is 18.3 Å². The molecule has 0 aliphatic rings. The van der Waals surface area contributed by atoms with Crippen molar-refractivity contribution in [3.8, 4) is 5.95 Å². The molecule has 12 heteroatoms. The summed E-state index contributed by atoms with van der Waals surface area (Å²) < 4.78 is 39.6.